The molecule has 0 aromatic carbocycles. The number of nitrogens with one attached hydrogen (secondary N) is 1. The summed E-state index contributed by atoms with van der Waals surface area (Å²) in [6.07, 6.45) is 1.14. The Morgan fingerprint density at radius 1 is 1.69 bits per heavy atom. The Balaban J connectivity index is 2.44. The van der Waals surface area contributed by atoms with Crippen molar-refractivity contribution in [3.63, 3.8) is 0 Å². The summed E-state index contributed by atoms with van der Waals surface area (Å²) in [5.41, 5.74) is 0. The summed E-state index contributed by atoms with van der Waals surface area (Å²) >= 11 is 0. The molecule has 0 bridgehead atoms. The summed E-state index contributed by atoms with van der Waals surface area (Å²) in [5, 5.41) is 3.16. The molecule has 0 aliphatic carbocycles. The average molecular weight is 184 g/mol. The zero-order valence-corrected chi connectivity index (χ0v) is 8.84. The number of piperazine rings is 1. The van der Waals surface area contributed by atoms with Crippen molar-refractivity contribution in [1.29, 1.82) is 0 Å². The number of hydrogen-bond donors (Lipinski definition) is 1. The zero-order chi connectivity index (χ0) is 9.84. The maximum absolute atomic E-state index is 11.6. The molecule has 3 nitrogen and oxygen atoms in total. The van der Waals surface area contributed by atoms with Crippen molar-refractivity contribution in [2.24, 2.45) is 5.92 Å². The fraction of sp³-hybridized carbons (Fsp3) is 0.900. The van der Waals surface area contributed by atoms with Crippen LogP contribution in [0.2, 0.25) is 0 Å². The third-order valence-electron chi connectivity index (χ3n) is 2.74. The molecule has 3 heteroatoms. The molecule has 1 fully saturated rings. The Morgan fingerprint density at radius 3 is 3.00 bits per heavy atom. The van der Waals surface area contributed by atoms with E-state index in [-0.39, 0.29) is 11.9 Å². The second-order valence-electron chi connectivity index (χ2n) is 3.97. The topological polar surface area (TPSA) is 32.3 Å². The van der Waals surface area contributed by atoms with E-state index >= 15 is 0 Å². The van der Waals surface area contributed by atoms with Crippen molar-refractivity contribution in [2.75, 3.05) is 19.6 Å². The summed E-state index contributed by atoms with van der Waals surface area (Å²) < 4.78 is 0. The van der Waals surface area contributed by atoms with E-state index in [4.69, 9.17) is 0 Å². The fourth-order valence-electron chi connectivity index (χ4n) is 1.57. The van der Waals surface area contributed by atoms with Crippen LogP contribution in [0.3, 0.4) is 0 Å². The first-order valence-electron chi connectivity index (χ1n) is 5.17. The molecule has 1 rings (SSSR count). The van der Waals surface area contributed by atoms with E-state index in [2.05, 4.69) is 19.2 Å². The second-order valence-corrected chi connectivity index (χ2v) is 3.97. The van der Waals surface area contributed by atoms with Crippen LogP contribution in [0, 0.1) is 5.92 Å². The first-order chi connectivity index (χ1) is 6.15. The summed E-state index contributed by atoms with van der Waals surface area (Å²) in [4.78, 5) is 13.6. The first-order valence-corrected chi connectivity index (χ1v) is 5.17. The Hall–Kier alpha value is -0.570. The minimum absolute atomic E-state index is 0.0119. The van der Waals surface area contributed by atoms with Gasteiger partial charge < -0.3 is 10.2 Å². The van der Waals surface area contributed by atoms with Gasteiger partial charge in [0.05, 0.1) is 6.04 Å². The van der Waals surface area contributed by atoms with Crippen LogP contribution in [0.5, 0.6) is 0 Å². The molecular weight excluding hydrogens is 164 g/mol. The van der Waals surface area contributed by atoms with Crippen molar-refractivity contribution in [3.8, 4) is 0 Å². The second kappa shape index (κ2) is 4.61. The molecule has 2 atom stereocenters. The number of carbonyl (C=O) groups is 1. The predicted molar refractivity (Wildman–Crippen MR) is 53.5 cm³/mol. The molecule has 0 aromatic rings. The third-order valence-corrected chi connectivity index (χ3v) is 2.74. The molecule has 0 spiro atoms. The van der Waals surface area contributed by atoms with Gasteiger partial charge in [0, 0.05) is 19.6 Å². The van der Waals surface area contributed by atoms with Gasteiger partial charge in [0.1, 0.15) is 0 Å². The highest BCUT2D eigenvalue weighted by molar-refractivity contribution is 5.82. The summed E-state index contributed by atoms with van der Waals surface area (Å²) in [5.74, 6) is 0.876. The quantitative estimate of drug-likeness (QED) is 0.705. The van der Waals surface area contributed by atoms with Crippen LogP contribution >= 0.6 is 0 Å². The monoisotopic (exact) mass is 184 g/mol. The van der Waals surface area contributed by atoms with Crippen LogP contribution in [0.15, 0.2) is 0 Å². The van der Waals surface area contributed by atoms with E-state index in [0.29, 0.717) is 5.92 Å². The average Bonchev–Trinajstić information content (AvgIpc) is 2.13. The van der Waals surface area contributed by atoms with Crippen molar-refractivity contribution >= 4 is 5.91 Å². The lowest BCUT2D eigenvalue weighted by Crippen LogP contribution is -2.54. The van der Waals surface area contributed by atoms with Gasteiger partial charge >= 0.3 is 0 Å². The van der Waals surface area contributed by atoms with Gasteiger partial charge in [0.2, 0.25) is 5.91 Å². The van der Waals surface area contributed by atoms with Gasteiger partial charge in [0.15, 0.2) is 0 Å². The van der Waals surface area contributed by atoms with Crippen LogP contribution < -0.4 is 5.32 Å². The van der Waals surface area contributed by atoms with Crippen molar-refractivity contribution in [2.45, 2.75) is 33.2 Å². The fourth-order valence-corrected chi connectivity index (χ4v) is 1.57. The van der Waals surface area contributed by atoms with Gasteiger partial charge in [-0.25, -0.2) is 0 Å². The highest BCUT2D eigenvalue weighted by Crippen LogP contribution is 2.07. The van der Waals surface area contributed by atoms with E-state index in [1.807, 2.05) is 11.8 Å². The number of nitrogens with zero attached hydrogens (tertiary/aromatic N) is 1. The zero-order valence-electron chi connectivity index (χ0n) is 8.84. The van der Waals surface area contributed by atoms with Crippen LogP contribution in [-0.4, -0.2) is 36.5 Å². The van der Waals surface area contributed by atoms with Gasteiger partial charge in [-0.15, -0.1) is 0 Å². The van der Waals surface area contributed by atoms with Gasteiger partial charge in [-0.05, 0) is 12.8 Å². The normalized spacial score (nSPS) is 26.2. The molecule has 2 unspecified atom stereocenters. The number of amides is 1. The Bertz CT molecular complexity index is 182. The minimum atomic E-state index is 0.0119. The highest BCUT2D eigenvalue weighted by Gasteiger charge is 2.24. The molecule has 1 aliphatic rings. The smallest absolute Gasteiger partial charge is 0.239 e. The number of rotatable bonds is 3. The molecule has 1 N–H and O–H groups in total. The van der Waals surface area contributed by atoms with Crippen molar-refractivity contribution in [1.82, 2.24) is 10.2 Å². The molecule has 0 saturated carbocycles. The van der Waals surface area contributed by atoms with E-state index < -0.39 is 0 Å². The lowest BCUT2D eigenvalue weighted by molar-refractivity contribution is -0.135. The van der Waals surface area contributed by atoms with Crippen molar-refractivity contribution in [3.05, 3.63) is 0 Å². The van der Waals surface area contributed by atoms with Crippen LogP contribution in [0.4, 0.5) is 0 Å². The number of hydrogen-bond acceptors (Lipinski definition) is 2. The standard InChI is InChI=1S/C10H20N2O/c1-4-8(2)7-12-6-5-11-9(3)10(12)13/h8-9,11H,4-7H2,1-3H3. The molecule has 1 heterocycles. The molecule has 76 valence electrons. The van der Waals surface area contributed by atoms with Crippen LogP contribution in [0.25, 0.3) is 0 Å². The Kier molecular flexibility index (Phi) is 3.72. The van der Waals surface area contributed by atoms with Crippen LogP contribution in [0.1, 0.15) is 27.2 Å². The summed E-state index contributed by atoms with van der Waals surface area (Å²) in [6, 6.07) is 0.0119. The van der Waals surface area contributed by atoms with E-state index in [1.54, 1.807) is 0 Å². The maximum Gasteiger partial charge on any atom is 0.239 e. The molecule has 1 amide bonds. The lowest BCUT2D eigenvalue weighted by Gasteiger charge is -2.33. The SMILES string of the molecule is CCC(C)CN1CCNC(C)C1=O. The van der Waals surface area contributed by atoms with Gasteiger partial charge in [0.25, 0.3) is 0 Å². The number of carbonyl (C=O) groups excluding carboxylic acids is 1. The van der Waals surface area contributed by atoms with Gasteiger partial charge in [-0.2, -0.15) is 0 Å². The van der Waals surface area contributed by atoms with Gasteiger partial charge in [-0.3, -0.25) is 4.79 Å². The lowest BCUT2D eigenvalue weighted by atomic mass is 10.1. The third kappa shape index (κ3) is 2.69. The Morgan fingerprint density at radius 2 is 2.38 bits per heavy atom. The molecule has 0 radical (unpaired) electrons. The molecule has 1 aliphatic heterocycles. The first kappa shape index (κ1) is 10.5. The minimum Gasteiger partial charge on any atom is -0.340 e. The molecular formula is C10H20N2O. The van der Waals surface area contributed by atoms with E-state index in [0.717, 1.165) is 26.1 Å². The molecule has 13 heavy (non-hydrogen) atoms. The molecule has 1 saturated heterocycles. The largest absolute Gasteiger partial charge is 0.340 e. The van der Waals surface area contributed by atoms with Gasteiger partial charge in [-0.1, -0.05) is 20.3 Å². The Labute approximate surface area is 80.5 Å². The highest BCUT2D eigenvalue weighted by atomic mass is 16.2. The maximum atomic E-state index is 11.6. The van der Waals surface area contributed by atoms with E-state index in [9.17, 15) is 4.79 Å². The van der Waals surface area contributed by atoms with E-state index in [1.165, 1.54) is 0 Å². The molecule has 0 aromatic heterocycles. The summed E-state index contributed by atoms with van der Waals surface area (Å²) in [6.45, 7) is 9.02. The van der Waals surface area contributed by atoms with Crippen molar-refractivity contribution < 1.29 is 4.79 Å². The summed E-state index contributed by atoms with van der Waals surface area (Å²) in [7, 11) is 0. The predicted octanol–water partition coefficient (Wildman–Crippen LogP) is 0.853. The van der Waals surface area contributed by atoms with Crippen LogP contribution in [-0.2, 0) is 4.79 Å².